The number of imide groups is 1. The molecule has 1 aromatic carbocycles. The number of methoxy groups -OCH3 is 1. The summed E-state index contributed by atoms with van der Waals surface area (Å²) in [6.07, 6.45) is 2.95. The van der Waals surface area contributed by atoms with E-state index in [1.54, 1.807) is 14.0 Å². The topological polar surface area (TPSA) is 87.7 Å². The van der Waals surface area contributed by atoms with Gasteiger partial charge < -0.3 is 15.4 Å². The molecule has 1 fully saturated rings. The summed E-state index contributed by atoms with van der Waals surface area (Å²) in [6, 6.07) is 7.10. The molecule has 0 radical (unpaired) electrons. The number of aryl methyl sites for hydroxylation is 1. The van der Waals surface area contributed by atoms with Gasteiger partial charge in [0.2, 0.25) is 5.91 Å². The molecule has 0 bridgehead atoms. The first-order chi connectivity index (χ1) is 13.6. The summed E-state index contributed by atoms with van der Waals surface area (Å²) in [4.78, 5) is 38.5. The lowest BCUT2D eigenvalue weighted by atomic mass is 9.93. The maximum Gasteiger partial charge on any atom is 0.325 e. The van der Waals surface area contributed by atoms with E-state index in [0.717, 1.165) is 29.1 Å². The average molecular weight is 404 g/mol. The molecule has 0 unspecified atom stereocenters. The van der Waals surface area contributed by atoms with Crippen LogP contribution in [-0.4, -0.2) is 48.0 Å². The Hall–Kier alpha value is -2.57. The summed E-state index contributed by atoms with van der Waals surface area (Å²) in [5, 5.41) is 5.63. The predicted molar refractivity (Wildman–Crippen MR) is 112 cm³/mol. The van der Waals surface area contributed by atoms with Crippen LogP contribution >= 0.6 is 0 Å². The van der Waals surface area contributed by atoms with Crippen molar-refractivity contribution in [1.82, 2.24) is 15.5 Å². The molecular weight excluding hydrogens is 370 g/mol. The Balaban J connectivity index is 1.90. The fraction of sp³-hybridized carbons (Fsp3) is 0.591. The first-order valence-electron chi connectivity index (χ1n) is 10.2. The number of ether oxygens (including phenoxy) is 1. The molecule has 2 rings (SSSR count). The van der Waals surface area contributed by atoms with E-state index in [9.17, 15) is 14.4 Å². The highest BCUT2D eigenvalue weighted by atomic mass is 16.5. The van der Waals surface area contributed by atoms with Gasteiger partial charge in [-0.15, -0.1) is 0 Å². The second kappa shape index (κ2) is 9.76. The molecule has 160 valence electrons. The van der Waals surface area contributed by atoms with E-state index in [1.807, 2.05) is 31.2 Å². The second-order valence-electron chi connectivity index (χ2n) is 8.44. The normalized spacial score (nSPS) is 20.0. The minimum absolute atomic E-state index is 0.00659. The van der Waals surface area contributed by atoms with Crippen molar-refractivity contribution in [2.45, 2.75) is 65.0 Å². The van der Waals surface area contributed by atoms with Gasteiger partial charge in [-0.2, -0.15) is 0 Å². The van der Waals surface area contributed by atoms with Crippen LogP contribution < -0.4 is 15.4 Å². The van der Waals surface area contributed by atoms with Gasteiger partial charge in [0.25, 0.3) is 5.91 Å². The van der Waals surface area contributed by atoms with Crippen LogP contribution in [0.5, 0.6) is 5.75 Å². The summed E-state index contributed by atoms with van der Waals surface area (Å²) in [7, 11) is 1.61. The molecule has 1 aromatic rings. The van der Waals surface area contributed by atoms with Crippen LogP contribution in [0.4, 0.5) is 4.79 Å². The molecule has 1 saturated heterocycles. The number of carbonyl (C=O) groups is 3. The molecule has 7 heteroatoms. The smallest absolute Gasteiger partial charge is 0.325 e. The van der Waals surface area contributed by atoms with Crippen molar-refractivity contribution in [3.05, 3.63) is 29.8 Å². The Bertz CT molecular complexity index is 732. The number of hydrogen-bond donors (Lipinski definition) is 2. The number of amides is 4. The van der Waals surface area contributed by atoms with Gasteiger partial charge in [0, 0.05) is 6.04 Å². The van der Waals surface area contributed by atoms with Crippen LogP contribution in [0.1, 0.15) is 52.5 Å². The Morgan fingerprint density at radius 3 is 2.41 bits per heavy atom. The number of urea groups is 1. The van der Waals surface area contributed by atoms with Crippen molar-refractivity contribution >= 4 is 17.8 Å². The van der Waals surface area contributed by atoms with Crippen molar-refractivity contribution in [1.29, 1.82) is 0 Å². The highest BCUT2D eigenvalue weighted by Gasteiger charge is 2.47. The van der Waals surface area contributed by atoms with Gasteiger partial charge in [-0.3, -0.25) is 14.5 Å². The van der Waals surface area contributed by atoms with Gasteiger partial charge in [-0.25, -0.2) is 4.79 Å². The maximum atomic E-state index is 12.8. The molecular formula is C22H33N3O4. The number of benzene rings is 1. The summed E-state index contributed by atoms with van der Waals surface area (Å²) in [6.45, 7) is 7.66. The Morgan fingerprint density at radius 1 is 1.17 bits per heavy atom. The Labute approximate surface area is 173 Å². The zero-order chi connectivity index (χ0) is 21.6. The van der Waals surface area contributed by atoms with Gasteiger partial charge in [0.1, 0.15) is 17.8 Å². The highest BCUT2D eigenvalue weighted by Crippen LogP contribution is 2.24. The number of carbonyl (C=O) groups excluding carboxylic acids is 3. The fourth-order valence-electron chi connectivity index (χ4n) is 3.37. The van der Waals surface area contributed by atoms with Crippen LogP contribution in [0.2, 0.25) is 0 Å². The summed E-state index contributed by atoms with van der Waals surface area (Å²) < 4.78 is 5.15. The van der Waals surface area contributed by atoms with Gasteiger partial charge in [0.15, 0.2) is 0 Å². The van der Waals surface area contributed by atoms with Crippen LogP contribution in [0, 0.1) is 5.92 Å². The largest absolute Gasteiger partial charge is 0.497 e. The zero-order valence-corrected chi connectivity index (χ0v) is 18.1. The van der Waals surface area contributed by atoms with E-state index < -0.39 is 11.6 Å². The highest BCUT2D eigenvalue weighted by molar-refractivity contribution is 6.08. The van der Waals surface area contributed by atoms with Crippen molar-refractivity contribution < 1.29 is 19.1 Å². The van der Waals surface area contributed by atoms with Crippen LogP contribution in [0.25, 0.3) is 0 Å². The molecule has 0 spiro atoms. The zero-order valence-electron chi connectivity index (χ0n) is 18.1. The number of nitrogens with one attached hydrogen (secondary N) is 2. The first-order valence-corrected chi connectivity index (χ1v) is 10.2. The SMILES string of the molecule is COc1ccc(CC[C@]2(C)NC(=O)N(CC(=O)N[C@H](C)CCC(C)C)C2=O)cc1. The van der Waals surface area contributed by atoms with E-state index >= 15 is 0 Å². The lowest BCUT2D eigenvalue weighted by Gasteiger charge is -2.22. The Morgan fingerprint density at radius 2 is 1.83 bits per heavy atom. The molecule has 7 nitrogen and oxygen atoms in total. The van der Waals surface area contributed by atoms with Crippen molar-refractivity contribution in [3.63, 3.8) is 0 Å². The summed E-state index contributed by atoms with van der Waals surface area (Å²) in [5.74, 6) is 0.655. The van der Waals surface area contributed by atoms with Crippen molar-refractivity contribution in [2.24, 2.45) is 5.92 Å². The molecule has 0 saturated carbocycles. The van der Waals surface area contributed by atoms with E-state index in [2.05, 4.69) is 24.5 Å². The Kier molecular flexibility index (Phi) is 7.65. The maximum absolute atomic E-state index is 12.8. The molecule has 2 atom stereocenters. The quantitative estimate of drug-likeness (QED) is 0.588. The van der Waals surface area contributed by atoms with Gasteiger partial charge in [-0.1, -0.05) is 26.0 Å². The van der Waals surface area contributed by atoms with E-state index in [-0.39, 0.29) is 24.4 Å². The van der Waals surface area contributed by atoms with E-state index in [0.29, 0.717) is 18.8 Å². The van der Waals surface area contributed by atoms with Crippen molar-refractivity contribution in [2.75, 3.05) is 13.7 Å². The minimum Gasteiger partial charge on any atom is -0.497 e. The lowest BCUT2D eigenvalue weighted by molar-refractivity contribution is -0.134. The second-order valence-corrected chi connectivity index (χ2v) is 8.44. The predicted octanol–water partition coefficient (Wildman–Crippen LogP) is 2.88. The van der Waals surface area contributed by atoms with Crippen LogP contribution in [0.3, 0.4) is 0 Å². The average Bonchev–Trinajstić information content (AvgIpc) is 2.88. The molecule has 1 aliphatic rings. The van der Waals surface area contributed by atoms with Crippen LogP contribution in [0.15, 0.2) is 24.3 Å². The molecule has 1 aliphatic heterocycles. The third-order valence-corrected chi connectivity index (χ3v) is 5.30. The van der Waals surface area contributed by atoms with Crippen molar-refractivity contribution in [3.8, 4) is 5.75 Å². The van der Waals surface area contributed by atoms with Crippen LogP contribution in [-0.2, 0) is 16.0 Å². The molecule has 4 amide bonds. The summed E-state index contributed by atoms with van der Waals surface area (Å²) >= 11 is 0. The van der Waals surface area contributed by atoms with E-state index in [1.165, 1.54) is 0 Å². The number of nitrogens with zero attached hydrogens (tertiary/aromatic N) is 1. The third kappa shape index (κ3) is 6.21. The third-order valence-electron chi connectivity index (χ3n) is 5.30. The fourth-order valence-corrected chi connectivity index (χ4v) is 3.37. The van der Waals surface area contributed by atoms with Gasteiger partial charge in [-0.05, 0) is 63.1 Å². The van der Waals surface area contributed by atoms with Gasteiger partial charge >= 0.3 is 6.03 Å². The van der Waals surface area contributed by atoms with Gasteiger partial charge in [0.05, 0.1) is 7.11 Å². The number of hydrogen-bond acceptors (Lipinski definition) is 4. The first kappa shape index (κ1) is 22.7. The van der Waals surface area contributed by atoms with E-state index in [4.69, 9.17) is 4.74 Å². The standard InChI is InChI=1S/C22H33N3O4/c1-15(2)6-7-16(3)23-19(26)14-25-20(27)22(4,24-21(25)28)13-12-17-8-10-18(29-5)11-9-17/h8-11,15-16H,6-7,12-14H2,1-5H3,(H,23,26)(H,24,28)/t16-,22+/m1/s1. The monoisotopic (exact) mass is 403 g/mol. The molecule has 29 heavy (non-hydrogen) atoms. The summed E-state index contributed by atoms with van der Waals surface area (Å²) in [5.41, 5.74) is 0.0323. The molecule has 0 aromatic heterocycles. The number of rotatable bonds is 10. The molecule has 1 heterocycles. The lowest BCUT2D eigenvalue weighted by Crippen LogP contribution is -2.46. The molecule has 0 aliphatic carbocycles. The minimum atomic E-state index is -1.01. The molecule has 2 N–H and O–H groups in total.